The number of esters is 1. The molecule has 0 aliphatic rings. The van der Waals surface area contributed by atoms with Gasteiger partial charge in [0.1, 0.15) is 5.52 Å². The van der Waals surface area contributed by atoms with Crippen LogP contribution in [0.15, 0.2) is 53.1 Å². The molecule has 0 bridgehead atoms. The minimum absolute atomic E-state index is 0.0583. The second-order valence-corrected chi connectivity index (χ2v) is 6.44. The maximum Gasteiger partial charge on any atom is 0.338 e. The number of rotatable bonds is 7. The molecule has 0 saturated heterocycles. The number of carbonyl (C=O) groups excluding carboxylic acids is 2. The average molecular weight is 366 g/mol. The van der Waals surface area contributed by atoms with Crippen molar-refractivity contribution in [3.05, 3.63) is 54.1 Å². The van der Waals surface area contributed by atoms with E-state index in [0.29, 0.717) is 16.8 Å². The van der Waals surface area contributed by atoms with Crippen molar-refractivity contribution in [2.24, 2.45) is 0 Å². The molecule has 6 nitrogen and oxygen atoms in total. The largest absolute Gasteiger partial charge is 0.452 e. The maximum absolute atomic E-state index is 12.3. The molecule has 0 unspecified atom stereocenters. The van der Waals surface area contributed by atoms with Gasteiger partial charge in [-0.2, -0.15) is 0 Å². The molecular formula is C21H22N2O4. The van der Waals surface area contributed by atoms with E-state index in [1.54, 1.807) is 18.2 Å². The van der Waals surface area contributed by atoms with Crippen molar-refractivity contribution < 1.29 is 18.8 Å². The van der Waals surface area contributed by atoms with Gasteiger partial charge in [-0.1, -0.05) is 48.8 Å². The van der Waals surface area contributed by atoms with Crippen LogP contribution in [0.5, 0.6) is 0 Å². The smallest absolute Gasteiger partial charge is 0.338 e. The molecule has 1 heterocycles. The predicted molar refractivity (Wildman–Crippen MR) is 102 cm³/mol. The molecule has 0 radical (unpaired) electrons. The molecule has 1 N–H and O–H groups in total. The fourth-order valence-corrected chi connectivity index (χ4v) is 2.90. The van der Waals surface area contributed by atoms with Crippen molar-refractivity contribution in [3.63, 3.8) is 0 Å². The van der Waals surface area contributed by atoms with Crippen LogP contribution in [-0.2, 0) is 9.53 Å². The topological polar surface area (TPSA) is 81.4 Å². The summed E-state index contributed by atoms with van der Waals surface area (Å²) in [6.45, 7) is 3.67. The van der Waals surface area contributed by atoms with Crippen LogP contribution in [0.1, 0.15) is 37.0 Å². The lowest BCUT2D eigenvalue weighted by Gasteiger charge is -2.12. The first kappa shape index (κ1) is 18.6. The number of nitrogens with one attached hydrogen (secondary N) is 1. The highest BCUT2D eigenvalue weighted by molar-refractivity contribution is 5.99. The molecule has 0 fully saturated rings. The highest BCUT2D eigenvalue weighted by Crippen LogP contribution is 2.29. The first-order chi connectivity index (χ1) is 13.1. The Hall–Kier alpha value is -3.15. The normalized spacial score (nSPS) is 11.9. The summed E-state index contributed by atoms with van der Waals surface area (Å²) in [7, 11) is 0. The van der Waals surface area contributed by atoms with Gasteiger partial charge in [-0.05, 0) is 31.5 Å². The van der Waals surface area contributed by atoms with E-state index in [1.165, 1.54) is 0 Å². The Morgan fingerprint density at radius 2 is 1.96 bits per heavy atom. The summed E-state index contributed by atoms with van der Waals surface area (Å²) in [4.78, 5) is 24.2. The summed E-state index contributed by atoms with van der Waals surface area (Å²) >= 11 is 0. The Morgan fingerprint density at radius 3 is 2.70 bits per heavy atom. The lowest BCUT2D eigenvalue weighted by atomic mass is 10.1. The molecule has 27 heavy (non-hydrogen) atoms. The maximum atomic E-state index is 12.3. The Labute approximate surface area is 157 Å². The zero-order valence-electron chi connectivity index (χ0n) is 15.4. The van der Waals surface area contributed by atoms with Crippen molar-refractivity contribution >= 4 is 22.8 Å². The third-order valence-corrected chi connectivity index (χ3v) is 4.21. The van der Waals surface area contributed by atoms with E-state index in [4.69, 9.17) is 9.26 Å². The van der Waals surface area contributed by atoms with Gasteiger partial charge in [0.25, 0.3) is 5.91 Å². The summed E-state index contributed by atoms with van der Waals surface area (Å²) in [6, 6.07) is 14.6. The van der Waals surface area contributed by atoms with Crippen LogP contribution >= 0.6 is 0 Å². The average Bonchev–Trinajstić information content (AvgIpc) is 3.10. The fraction of sp³-hybridized carbons (Fsp3) is 0.286. The molecule has 6 heteroatoms. The Bertz CT molecular complexity index is 934. The first-order valence-electron chi connectivity index (χ1n) is 9.00. The van der Waals surface area contributed by atoms with Crippen LogP contribution < -0.4 is 5.32 Å². The summed E-state index contributed by atoms with van der Waals surface area (Å²) in [5.41, 5.74) is 1.86. The molecule has 1 amide bonds. The van der Waals surface area contributed by atoms with Gasteiger partial charge in [0.2, 0.25) is 0 Å². The molecule has 0 aliphatic heterocycles. The Morgan fingerprint density at radius 1 is 1.19 bits per heavy atom. The standard InChI is InChI=1S/C21H22N2O4/c1-3-7-14(2)22-19(24)13-26-21(25)16-10-11-18-17(12-16)20(27-23-18)15-8-5-4-6-9-15/h4-6,8-12,14H,3,7,13H2,1-2H3,(H,22,24)/t14-/m0/s1. The van der Waals surface area contributed by atoms with Gasteiger partial charge in [0.15, 0.2) is 12.4 Å². The monoisotopic (exact) mass is 366 g/mol. The van der Waals surface area contributed by atoms with Crippen molar-refractivity contribution in [1.82, 2.24) is 10.5 Å². The van der Waals surface area contributed by atoms with Crippen LogP contribution in [0.4, 0.5) is 0 Å². The van der Waals surface area contributed by atoms with Gasteiger partial charge < -0.3 is 14.6 Å². The van der Waals surface area contributed by atoms with E-state index in [0.717, 1.165) is 23.8 Å². The fourth-order valence-electron chi connectivity index (χ4n) is 2.90. The molecule has 0 aliphatic carbocycles. The van der Waals surface area contributed by atoms with Crippen molar-refractivity contribution in [2.45, 2.75) is 32.7 Å². The van der Waals surface area contributed by atoms with Crippen molar-refractivity contribution in [1.29, 1.82) is 0 Å². The molecular weight excluding hydrogens is 344 g/mol. The van der Waals surface area contributed by atoms with Gasteiger partial charge in [0, 0.05) is 11.6 Å². The Balaban J connectivity index is 1.71. The molecule has 1 aromatic heterocycles. The third-order valence-electron chi connectivity index (χ3n) is 4.21. The van der Waals surface area contributed by atoms with Crippen LogP contribution in [0, 0.1) is 0 Å². The number of carbonyl (C=O) groups is 2. The predicted octanol–water partition coefficient (Wildman–Crippen LogP) is 3.96. The summed E-state index contributed by atoms with van der Waals surface area (Å²) in [5.74, 6) is -0.276. The second kappa shape index (κ2) is 8.49. The van der Waals surface area contributed by atoms with Crippen LogP contribution in [0.2, 0.25) is 0 Å². The van der Waals surface area contributed by atoms with Gasteiger partial charge in [-0.15, -0.1) is 0 Å². The third kappa shape index (κ3) is 4.53. The summed E-state index contributed by atoms with van der Waals surface area (Å²) < 4.78 is 10.6. The molecule has 140 valence electrons. The van der Waals surface area contributed by atoms with E-state index in [-0.39, 0.29) is 18.6 Å². The zero-order valence-corrected chi connectivity index (χ0v) is 15.4. The second-order valence-electron chi connectivity index (χ2n) is 6.44. The number of hydrogen-bond donors (Lipinski definition) is 1. The lowest BCUT2D eigenvalue weighted by molar-refractivity contribution is -0.124. The SMILES string of the molecule is CCC[C@H](C)NC(=O)COC(=O)c1ccc2noc(-c3ccccc3)c2c1. The van der Waals surface area contributed by atoms with Crippen LogP contribution in [0.25, 0.3) is 22.2 Å². The van der Waals surface area contributed by atoms with Gasteiger partial charge in [0.05, 0.1) is 10.9 Å². The number of ether oxygens (including phenoxy) is 1. The lowest BCUT2D eigenvalue weighted by Crippen LogP contribution is -2.35. The molecule has 2 aromatic carbocycles. The number of aromatic nitrogens is 1. The first-order valence-corrected chi connectivity index (χ1v) is 9.00. The Kier molecular flexibility index (Phi) is 5.86. The van der Waals surface area contributed by atoms with E-state index >= 15 is 0 Å². The van der Waals surface area contributed by atoms with Crippen molar-refractivity contribution in [2.75, 3.05) is 6.61 Å². The minimum Gasteiger partial charge on any atom is -0.452 e. The summed E-state index contributed by atoms with van der Waals surface area (Å²) in [5, 5.41) is 7.55. The molecule has 3 rings (SSSR count). The zero-order chi connectivity index (χ0) is 19.2. The van der Waals surface area contributed by atoms with E-state index < -0.39 is 5.97 Å². The summed E-state index contributed by atoms with van der Waals surface area (Å²) in [6.07, 6.45) is 1.86. The van der Waals surface area contributed by atoms with E-state index in [9.17, 15) is 9.59 Å². The highest BCUT2D eigenvalue weighted by Gasteiger charge is 2.16. The number of amides is 1. The van der Waals surface area contributed by atoms with Crippen molar-refractivity contribution in [3.8, 4) is 11.3 Å². The molecule has 0 spiro atoms. The number of nitrogens with zero attached hydrogens (tertiary/aromatic N) is 1. The molecule has 1 atom stereocenters. The van der Waals surface area contributed by atoms with Gasteiger partial charge in [-0.3, -0.25) is 4.79 Å². The number of benzene rings is 2. The van der Waals surface area contributed by atoms with Gasteiger partial charge >= 0.3 is 5.97 Å². The quantitative estimate of drug-likeness (QED) is 0.640. The molecule has 3 aromatic rings. The molecule has 0 saturated carbocycles. The van der Waals surface area contributed by atoms with Gasteiger partial charge in [-0.25, -0.2) is 4.79 Å². The van der Waals surface area contributed by atoms with E-state index in [2.05, 4.69) is 10.5 Å². The minimum atomic E-state index is -0.560. The highest BCUT2D eigenvalue weighted by atomic mass is 16.5. The van der Waals surface area contributed by atoms with Crippen LogP contribution in [0.3, 0.4) is 0 Å². The van der Waals surface area contributed by atoms with E-state index in [1.807, 2.05) is 44.2 Å². The number of fused-ring (bicyclic) bond motifs is 1. The number of hydrogen-bond acceptors (Lipinski definition) is 5. The van der Waals surface area contributed by atoms with Crippen LogP contribution in [-0.4, -0.2) is 29.7 Å².